The molecule has 2 atom stereocenters. The van der Waals surface area contributed by atoms with Crippen LogP contribution in [0.25, 0.3) is 0 Å². The Balaban J connectivity index is 1.63. The van der Waals surface area contributed by atoms with Gasteiger partial charge < -0.3 is 14.6 Å². The minimum Gasteiger partial charge on any atom is -0.379 e. The molecule has 0 bridgehead atoms. The molecule has 1 aromatic carbocycles. The average Bonchev–Trinajstić information content (AvgIpc) is 2.99. The van der Waals surface area contributed by atoms with Crippen molar-refractivity contribution in [2.45, 2.75) is 30.2 Å². The number of ether oxygens (including phenoxy) is 1. The van der Waals surface area contributed by atoms with Crippen LogP contribution in [0.1, 0.15) is 36.0 Å². The number of hydrogen-bond acceptors (Lipinski definition) is 5. The SMILES string of the molecule is CNC1COCC1c1nc(C2(c3ccccc3)CC2)no1. The number of nitrogens with one attached hydrogen (secondary N) is 1. The van der Waals surface area contributed by atoms with Gasteiger partial charge in [0.15, 0.2) is 5.82 Å². The molecule has 1 aliphatic carbocycles. The fourth-order valence-electron chi connectivity index (χ4n) is 3.19. The summed E-state index contributed by atoms with van der Waals surface area (Å²) in [7, 11) is 1.94. The second kappa shape index (κ2) is 4.93. The molecule has 5 nitrogen and oxygen atoms in total. The first-order chi connectivity index (χ1) is 10.3. The van der Waals surface area contributed by atoms with E-state index in [-0.39, 0.29) is 17.4 Å². The molecule has 21 heavy (non-hydrogen) atoms. The number of rotatable bonds is 4. The number of hydrogen-bond donors (Lipinski definition) is 1. The zero-order valence-corrected chi connectivity index (χ0v) is 12.1. The summed E-state index contributed by atoms with van der Waals surface area (Å²) in [6.45, 7) is 1.34. The van der Waals surface area contributed by atoms with Crippen molar-refractivity contribution in [1.82, 2.24) is 15.5 Å². The average molecular weight is 285 g/mol. The van der Waals surface area contributed by atoms with Gasteiger partial charge in [-0.05, 0) is 25.5 Å². The van der Waals surface area contributed by atoms with Crippen LogP contribution < -0.4 is 5.32 Å². The van der Waals surface area contributed by atoms with Crippen molar-refractivity contribution in [3.05, 3.63) is 47.6 Å². The summed E-state index contributed by atoms with van der Waals surface area (Å²) < 4.78 is 11.1. The van der Waals surface area contributed by atoms with Gasteiger partial charge in [0.25, 0.3) is 0 Å². The molecule has 2 heterocycles. The van der Waals surface area contributed by atoms with Crippen LogP contribution >= 0.6 is 0 Å². The molecule has 2 aliphatic rings. The Kier molecular flexibility index (Phi) is 3.05. The maximum absolute atomic E-state index is 5.55. The van der Waals surface area contributed by atoms with Crippen molar-refractivity contribution >= 4 is 0 Å². The lowest BCUT2D eigenvalue weighted by Crippen LogP contribution is -2.31. The van der Waals surface area contributed by atoms with Crippen LogP contribution in [0.2, 0.25) is 0 Å². The molecule has 2 aromatic rings. The van der Waals surface area contributed by atoms with E-state index in [0.717, 1.165) is 18.7 Å². The zero-order valence-electron chi connectivity index (χ0n) is 12.1. The van der Waals surface area contributed by atoms with Crippen molar-refractivity contribution in [3.63, 3.8) is 0 Å². The molecule has 1 aliphatic heterocycles. The molecule has 2 unspecified atom stereocenters. The van der Waals surface area contributed by atoms with E-state index in [9.17, 15) is 0 Å². The fraction of sp³-hybridized carbons (Fsp3) is 0.500. The molecular weight excluding hydrogens is 266 g/mol. The van der Waals surface area contributed by atoms with Gasteiger partial charge in [-0.15, -0.1) is 0 Å². The summed E-state index contributed by atoms with van der Waals surface area (Å²) in [5, 5.41) is 7.53. The molecule has 1 saturated heterocycles. The third-order valence-corrected chi connectivity index (χ3v) is 4.71. The Morgan fingerprint density at radius 2 is 2.00 bits per heavy atom. The first-order valence-corrected chi connectivity index (χ1v) is 7.48. The molecule has 0 amide bonds. The van der Waals surface area contributed by atoms with E-state index >= 15 is 0 Å². The van der Waals surface area contributed by atoms with Crippen LogP contribution in [0.3, 0.4) is 0 Å². The Bertz CT molecular complexity index is 621. The molecule has 1 aromatic heterocycles. The first kappa shape index (κ1) is 13.0. The molecule has 4 rings (SSSR count). The second-order valence-electron chi connectivity index (χ2n) is 5.94. The summed E-state index contributed by atoms with van der Waals surface area (Å²) in [6, 6.07) is 10.7. The van der Waals surface area contributed by atoms with Crippen molar-refractivity contribution in [2.24, 2.45) is 0 Å². The Labute approximate surface area is 123 Å². The topological polar surface area (TPSA) is 60.2 Å². The highest BCUT2D eigenvalue weighted by atomic mass is 16.5. The molecule has 110 valence electrons. The van der Waals surface area contributed by atoms with Gasteiger partial charge in [-0.25, -0.2) is 0 Å². The van der Waals surface area contributed by atoms with Gasteiger partial charge in [0.1, 0.15) is 0 Å². The summed E-state index contributed by atoms with van der Waals surface area (Å²) >= 11 is 0. The van der Waals surface area contributed by atoms with Gasteiger partial charge in [0.2, 0.25) is 5.89 Å². The van der Waals surface area contributed by atoms with E-state index in [4.69, 9.17) is 14.2 Å². The normalized spacial score (nSPS) is 26.9. The van der Waals surface area contributed by atoms with Crippen LogP contribution in [-0.4, -0.2) is 36.4 Å². The first-order valence-electron chi connectivity index (χ1n) is 7.48. The minimum atomic E-state index is -0.0301. The number of benzene rings is 1. The highest BCUT2D eigenvalue weighted by Gasteiger charge is 2.50. The van der Waals surface area contributed by atoms with E-state index in [1.54, 1.807) is 0 Å². The molecule has 0 spiro atoms. The Morgan fingerprint density at radius 1 is 1.19 bits per heavy atom. The number of likely N-dealkylation sites (N-methyl/N-ethyl adjacent to an activating group) is 1. The molecule has 0 radical (unpaired) electrons. The summed E-state index contributed by atoms with van der Waals surface area (Å²) in [5.41, 5.74) is 1.25. The fourth-order valence-corrected chi connectivity index (χ4v) is 3.19. The van der Waals surface area contributed by atoms with Crippen LogP contribution in [-0.2, 0) is 10.2 Å². The lowest BCUT2D eigenvalue weighted by molar-refractivity contribution is 0.185. The van der Waals surface area contributed by atoms with Gasteiger partial charge in [0, 0.05) is 6.04 Å². The summed E-state index contributed by atoms with van der Waals surface area (Å²) in [5.74, 6) is 1.68. The van der Waals surface area contributed by atoms with Crippen molar-refractivity contribution in [1.29, 1.82) is 0 Å². The molecule has 1 saturated carbocycles. The minimum absolute atomic E-state index is 0.0301. The predicted octanol–water partition coefficient (Wildman–Crippen LogP) is 1.85. The van der Waals surface area contributed by atoms with Gasteiger partial charge >= 0.3 is 0 Å². The summed E-state index contributed by atoms with van der Waals surface area (Å²) in [4.78, 5) is 4.70. The number of aromatic nitrogens is 2. The zero-order chi connectivity index (χ0) is 14.3. The van der Waals surface area contributed by atoms with Crippen LogP contribution in [0.5, 0.6) is 0 Å². The second-order valence-corrected chi connectivity index (χ2v) is 5.94. The largest absolute Gasteiger partial charge is 0.379 e. The van der Waals surface area contributed by atoms with Gasteiger partial charge in [0.05, 0.1) is 24.5 Å². The van der Waals surface area contributed by atoms with E-state index in [1.807, 2.05) is 13.1 Å². The van der Waals surface area contributed by atoms with Crippen molar-refractivity contribution in [3.8, 4) is 0 Å². The van der Waals surface area contributed by atoms with Crippen LogP contribution in [0, 0.1) is 0 Å². The third kappa shape index (κ3) is 2.08. The lowest BCUT2D eigenvalue weighted by atomic mass is 9.95. The lowest BCUT2D eigenvalue weighted by Gasteiger charge is -2.12. The highest BCUT2D eigenvalue weighted by Crippen LogP contribution is 2.52. The Hall–Kier alpha value is -1.72. The van der Waals surface area contributed by atoms with E-state index in [2.05, 4.69) is 34.7 Å². The highest BCUT2D eigenvalue weighted by molar-refractivity contribution is 5.38. The van der Waals surface area contributed by atoms with Crippen molar-refractivity contribution < 1.29 is 9.26 Å². The van der Waals surface area contributed by atoms with Gasteiger partial charge in [-0.3, -0.25) is 0 Å². The monoisotopic (exact) mass is 285 g/mol. The molecule has 1 N–H and O–H groups in total. The quantitative estimate of drug-likeness (QED) is 0.929. The van der Waals surface area contributed by atoms with Crippen LogP contribution in [0.15, 0.2) is 34.9 Å². The maximum Gasteiger partial charge on any atom is 0.233 e. The maximum atomic E-state index is 5.55. The van der Waals surface area contributed by atoms with Crippen LogP contribution in [0.4, 0.5) is 0 Å². The van der Waals surface area contributed by atoms with E-state index < -0.39 is 0 Å². The Morgan fingerprint density at radius 3 is 2.71 bits per heavy atom. The third-order valence-electron chi connectivity index (χ3n) is 4.71. The molecular formula is C16H19N3O2. The smallest absolute Gasteiger partial charge is 0.233 e. The molecule has 2 fully saturated rings. The molecule has 5 heteroatoms. The summed E-state index contributed by atoms with van der Waals surface area (Å²) in [6.07, 6.45) is 2.18. The van der Waals surface area contributed by atoms with Gasteiger partial charge in [-0.2, -0.15) is 4.98 Å². The van der Waals surface area contributed by atoms with Crippen molar-refractivity contribution in [2.75, 3.05) is 20.3 Å². The van der Waals surface area contributed by atoms with Gasteiger partial charge in [-0.1, -0.05) is 35.5 Å². The standard InChI is InChI=1S/C16H19N3O2/c1-17-13-10-20-9-12(13)14-18-15(19-21-14)16(7-8-16)11-5-3-2-4-6-11/h2-6,12-13,17H,7-10H2,1H3. The number of nitrogens with zero attached hydrogens (tertiary/aromatic N) is 2. The van der Waals surface area contributed by atoms with E-state index in [1.165, 1.54) is 5.56 Å². The predicted molar refractivity (Wildman–Crippen MR) is 77.2 cm³/mol. The van der Waals surface area contributed by atoms with E-state index in [0.29, 0.717) is 19.1 Å².